The molecule has 0 N–H and O–H groups in total. The minimum absolute atomic E-state index is 0.0664. The maximum Gasteiger partial charge on any atom is 0.293 e. The monoisotopic (exact) mass is 485 g/mol. The van der Waals surface area contributed by atoms with Crippen LogP contribution in [0.3, 0.4) is 0 Å². The fraction of sp³-hybridized carbons (Fsp3) is 0.130. The molecule has 0 atom stereocenters. The predicted octanol–water partition coefficient (Wildman–Crippen LogP) is 6.04. The third-order valence-corrected chi connectivity index (χ3v) is 7.18. The van der Waals surface area contributed by atoms with Crippen LogP contribution >= 0.6 is 34.7 Å². The van der Waals surface area contributed by atoms with Crippen LogP contribution in [-0.4, -0.2) is 29.9 Å². The maximum atomic E-state index is 12.9. The molecule has 2 aliphatic heterocycles. The van der Waals surface area contributed by atoms with Gasteiger partial charge in [-0.25, -0.2) is 0 Å². The zero-order valence-corrected chi connectivity index (χ0v) is 19.2. The van der Waals surface area contributed by atoms with Crippen molar-refractivity contribution in [2.45, 2.75) is 6.54 Å². The summed E-state index contributed by atoms with van der Waals surface area (Å²) in [5, 5.41) is 2.09. The molecule has 6 nitrogen and oxygen atoms in total. The summed E-state index contributed by atoms with van der Waals surface area (Å²) in [5.74, 6) is 1.54. The second-order valence-electron chi connectivity index (χ2n) is 7.03. The minimum Gasteiger partial charge on any atom is -0.497 e. The lowest BCUT2D eigenvalue weighted by Crippen LogP contribution is -2.27. The van der Waals surface area contributed by atoms with Crippen LogP contribution < -0.4 is 14.2 Å². The minimum atomic E-state index is -0.343. The molecule has 0 unspecified atom stereocenters. The number of ether oxygens (including phenoxy) is 3. The van der Waals surface area contributed by atoms with Crippen LogP contribution in [0.25, 0.3) is 17.2 Å². The van der Waals surface area contributed by atoms with Crippen molar-refractivity contribution >= 4 is 51.9 Å². The van der Waals surface area contributed by atoms with Crippen LogP contribution in [0.4, 0.5) is 4.79 Å². The Labute approximate surface area is 197 Å². The Morgan fingerprint density at radius 1 is 1.12 bits per heavy atom. The molecule has 0 radical (unpaired) electrons. The van der Waals surface area contributed by atoms with Gasteiger partial charge in [0, 0.05) is 16.0 Å². The van der Waals surface area contributed by atoms with Crippen molar-refractivity contribution in [1.82, 2.24) is 4.90 Å². The molecule has 5 rings (SSSR count). The van der Waals surface area contributed by atoms with Gasteiger partial charge in [0.05, 0.1) is 18.6 Å². The van der Waals surface area contributed by atoms with E-state index in [9.17, 15) is 9.59 Å². The quantitative estimate of drug-likeness (QED) is 0.410. The summed E-state index contributed by atoms with van der Waals surface area (Å²) in [6, 6.07) is 13.1. The molecule has 0 spiro atoms. The lowest BCUT2D eigenvalue weighted by molar-refractivity contribution is -0.123. The second kappa shape index (κ2) is 8.54. The molecule has 2 aromatic carbocycles. The van der Waals surface area contributed by atoms with Gasteiger partial charge in [0.2, 0.25) is 6.79 Å². The van der Waals surface area contributed by atoms with Crippen LogP contribution in [0.1, 0.15) is 10.4 Å². The fourth-order valence-electron chi connectivity index (χ4n) is 3.40. The summed E-state index contributed by atoms with van der Waals surface area (Å²) in [5.41, 5.74) is 2.66. The summed E-state index contributed by atoms with van der Waals surface area (Å²) >= 11 is 8.75. The van der Waals surface area contributed by atoms with E-state index >= 15 is 0 Å². The second-order valence-corrected chi connectivity index (χ2v) is 9.38. The van der Waals surface area contributed by atoms with Crippen molar-refractivity contribution in [3.8, 4) is 28.4 Å². The van der Waals surface area contributed by atoms with Gasteiger partial charge in [0.25, 0.3) is 11.1 Å². The summed E-state index contributed by atoms with van der Waals surface area (Å²) in [4.78, 5) is 27.9. The number of amides is 2. The third-order valence-electron chi connectivity index (χ3n) is 5.04. The van der Waals surface area contributed by atoms with E-state index in [0.29, 0.717) is 27.0 Å². The highest BCUT2D eigenvalue weighted by Gasteiger charge is 2.35. The van der Waals surface area contributed by atoms with Crippen molar-refractivity contribution in [3.05, 3.63) is 68.2 Å². The van der Waals surface area contributed by atoms with E-state index < -0.39 is 0 Å². The summed E-state index contributed by atoms with van der Waals surface area (Å²) in [6.07, 6.45) is 1.75. The van der Waals surface area contributed by atoms with Gasteiger partial charge in [-0.05, 0) is 64.2 Å². The lowest BCUT2D eigenvalue weighted by atomic mass is 10.1. The Bertz CT molecular complexity index is 1270. The van der Waals surface area contributed by atoms with Gasteiger partial charge in [0.15, 0.2) is 11.5 Å². The van der Waals surface area contributed by atoms with E-state index in [1.54, 1.807) is 25.3 Å². The van der Waals surface area contributed by atoms with Gasteiger partial charge in [-0.2, -0.15) is 0 Å². The first kappa shape index (κ1) is 20.9. The molecule has 1 fully saturated rings. The molecule has 32 heavy (non-hydrogen) atoms. The molecule has 2 amide bonds. The number of benzene rings is 2. The molecule has 1 aromatic heterocycles. The number of nitrogens with zero attached hydrogens (tertiary/aromatic N) is 1. The number of hydrogen-bond acceptors (Lipinski definition) is 7. The molecule has 162 valence electrons. The number of rotatable bonds is 5. The van der Waals surface area contributed by atoms with E-state index in [4.69, 9.17) is 25.8 Å². The molecule has 0 saturated carbocycles. The van der Waals surface area contributed by atoms with E-state index in [1.807, 2.05) is 35.7 Å². The number of halogens is 1. The standard InChI is InChI=1S/C23H16ClNO5S2/c1-28-16-4-2-3-13(5-16)15-6-17(31-11-15)8-21-22(26)25(23(27)32-21)10-14-7-19-20(9-18(14)24)30-12-29-19/h2-9,11H,10,12H2,1H3/b21-8-. The van der Waals surface area contributed by atoms with Crippen LogP contribution in [0, 0.1) is 0 Å². The van der Waals surface area contributed by atoms with Crippen molar-refractivity contribution in [2.24, 2.45) is 0 Å². The van der Waals surface area contributed by atoms with Gasteiger partial charge < -0.3 is 14.2 Å². The van der Waals surface area contributed by atoms with Gasteiger partial charge in [-0.3, -0.25) is 14.5 Å². The number of thiophene rings is 1. The van der Waals surface area contributed by atoms with Crippen LogP contribution in [0.15, 0.2) is 52.7 Å². The van der Waals surface area contributed by atoms with E-state index in [-0.39, 0.29) is 24.5 Å². The smallest absolute Gasteiger partial charge is 0.293 e. The number of fused-ring (bicyclic) bond motifs is 1. The molecule has 3 heterocycles. The number of carbonyl (C=O) groups excluding carboxylic acids is 2. The Balaban J connectivity index is 1.36. The fourth-order valence-corrected chi connectivity index (χ4v) is 5.36. The molecule has 3 aromatic rings. The van der Waals surface area contributed by atoms with Crippen LogP contribution in [0.5, 0.6) is 17.2 Å². The van der Waals surface area contributed by atoms with Crippen LogP contribution in [-0.2, 0) is 11.3 Å². The molecule has 0 bridgehead atoms. The number of thioether (sulfide) groups is 1. The first-order chi connectivity index (χ1) is 15.5. The normalized spacial score (nSPS) is 16.3. The molecular weight excluding hydrogens is 470 g/mol. The topological polar surface area (TPSA) is 65.1 Å². The molecule has 1 saturated heterocycles. The Morgan fingerprint density at radius 3 is 2.75 bits per heavy atom. The highest BCUT2D eigenvalue weighted by molar-refractivity contribution is 8.18. The Morgan fingerprint density at radius 2 is 1.94 bits per heavy atom. The van der Waals surface area contributed by atoms with Gasteiger partial charge in [-0.1, -0.05) is 23.7 Å². The lowest BCUT2D eigenvalue weighted by Gasteiger charge is -2.14. The zero-order valence-electron chi connectivity index (χ0n) is 16.8. The predicted molar refractivity (Wildman–Crippen MR) is 125 cm³/mol. The highest BCUT2D eigenvalue weighted by atomic mass is 35.5. The average molecular weight is 486 g/mol. The van der Waals surface area contributed by atoms with E-state index in [0.717, 1.165) is 33.5 Å². The number of methoxy groups -OCH3 is 1. The SMILES string of the molecule is COc1cccc(-c2csc(/C=C3\SC(=O)N(Cc4cc5c(cc4Cl)OCO5)C3=O)c2)c1. The summed E-state index contributed by atoms with van der Waals surface area (Å²) in [7, 11) is 1.63. The number of hydrogen-bond donors (Lipinski definition) is 0. The van der Waals surface area contributed by atoms with Crippen molar-refractivity contribution in [3.63, 3.8) is 0 Å². The number of imide groups is 1. The van der Waals surface area contributed by atoms with E-state index in [2.05, 4.69) is 0 Å². The van der Waals surface area contributed by atoms with Gasteiger partial charge in [0.1, 0.15) is 5.75 Å². The third kappa shape index (κ3) is 3.97. The van der Waals surface area contributed by atoms with Crippen molar-refractivity contribution in [1.29, 1.82) is 0 Å². The largest absolute Gasteiger partial charge is 0.497 e. The molecular formula is C23H16ClNO5S2. The van der Waals surface area contributed by atoms with Gasteiger partial charge in [-0.15, -0.1) is 11.3 Å². The first-order valence-electron chi connectivity index (χ1n) is 9.58. The zero-order chi connectivity index (χ0) is 22.2. The molecule has 9 heteroatoms. The average Bonchev–Trinajstić information content (AvgIpc) is 3.50. The highest BCUT2D eigenvalue weighted by Crippen LogP contribution is 2.40. The summed E-state index contributed by atoms with van der Waals surface area (Å²) in [6.45, 7) is 0.189. The molecule has 0 aliphatic carbocycles. The van der Waals surface area contributed by atoms with Gasteiger partial charge >= 0.3 is 0 Å². The maximum absolute atomic E-state index is 12.9. The Hall–Kier alpha value is -2.94. The Kier molecular flexibility index (Phi) is 5.58. The van der Waals surface area contributed by atoms with Crippen molar-refractivity contribution < 1.29 is 23.8 Å². The molecule has 2 aliphatic rings. The number of carbonyl (C=O) groups is 2. The van der Waals surface area contributed by atoms with Crippen molar-refractivity contribution in [2.75, 3.05) is 13.9 Å². The van der Waals surface area contributed by atoms with E-state index in [1.165, 1.54) is 16.2 Å². The first-order valence-corrected chi connectivity index (χ1v) is 11.7. The summed E-state index contributed by atoms with van der Waals surface area (Å²) < 4.78 is 16.0. The van der Waals surface area contributed by atoms with Crippen LogP contribution in [0.2, 0.25) is 5.02 Å².